The van der Waals surface area contributed by atoms with Gasteiger partial charge in [-0.3, -0.25) is 4.98 Å². The van der Waals surface area contributed by atoms with Crippen LogP contribution < -0.4 is 5.32 Å². The minimum atomic E-state index is -3.50. The number of carbonyl (C=O) groups excluding carboxylic acids is 1. The molecule has 0 unspecified atom stereocenters. The number of pyridine rings is 1. The van der Waals surface area contributed by atoms with Gasteiger partial charge in [0.1, 0.15) is 0 Å². The quantitative estimate of drug-likeness (QED) is 0.891. The van der Waals surface area contributed by atoms with E-state index in [1.807, 2.05) is 18.2 Å². The fourth-order valence-corrected chi connectivity index (χ4v) is 4.10. The molecular formula is C17H20N4O3S. The van der Waals surface area contributed by atoms with E-state index in [2.05, 4.69) is 10.3 Å². The van der Waals surface area contributed by atoms with Crippen LogP contribution in [-0.4, -0.2) is 54.8 Å². The Morgan fingerprint density at radius 1 is 1.00 bits per heavy atom. The Labute approximate surface area is 147 Å². The summed E-state index contributed by atoms with van der Waals surface area (Å²) in [4.78, 5) is 18.3. The van der Waals surface area contributed by atoms with E-state index in [4.69, 9.17) is 0 Å². The van der Waals surface area contributed by atoms with Gasteiger partial charge in [0, 0.05) is 32.4 Å². The Bertz CT molecular complexity index is 804. The maximum absolute atomic E-state index is 12.6. The molecule has 1 aromatic heterocycles. The molecule has 2 amide bonds. The van der Waals surface area contributed by atoms with Crippen molar-refractivity contribution in [2.24, 2.45) is 0 Å². The molecule has 1 N–H and O–H groups in total. The number of nitrogens with zero attached hydrogens (tertiary/aromatic N) is 3. The van der Waals surface area contributed by atoms with E-state index < -0.39 is 10.0 Å². The van der Waals surface area contributed by atoms with Crippen LogP contribution in [0.15, 0.2) is 59.6 Å². The highest BCUT2D eigenvalue weighted by Gasteiger charge is 2.29. The van der Waals surface area contributed by atoms with Crippen LogP contribution in [0.2, 0.25) is 0 Å². The second-order valence-corrected chi connectivity index (χ2v) is 7.62. The van der Waals surface area contributed by atoms with Gasteiger partial charge in [-0.25, -0.2) is 13.2 Å². The highest BCUT2D eigenvalue weighted by Crippen LogP contribution is 2.17. The smallest absolute Gasteiger partial charge is 0.317 e. The standard InChI is InChI=1S/C17H20N4O3S/c22-17(19-14-15-6-4-5-9-18-15)20-10-12-21(13-11-20)25(23,24)16-7-2-1-3-8-16/h1-9H,10-14H2,(H,19,22). The number of sulfonamides is 1. The molecule has 1 aliphatic rings. The van der Waals surface area contributed by atoms with Crippen LogP contribution in [0.5, 0.6) is 0 Å². The normalized spacial score (nSPS) is 15.8. The first kappa shape index (κ1) is 17.4. The molecule has 0 spiro atoms. The number of nitrogens with one attached hydrogen (secondary N) is 1. The number of aromatic nitrogens is 1. The van der Waals surface area contributed by atoms with Gasteiger partial charge in [-0.1, -0.05) is 24.3 Å². The van der Waals surface area contributed by atoms with Gasteiger partial charge >= 0.3 is 6.03 Å². The number of hydrogen-bond donors (Lipinski definition) is 1. The molecule has 7 nitrogen and oxygen atoms in total. The minimum absolute atomic E-state index is 0.206. The van der Waals surface area contributed by atoms with Gasteiger partial charge in [0.25, 0.3) is 0 Å². The summed E-state index contributed by atoms with van der Waals surface area (Å²) in [6.45, 7) is 1.64. The van der Waals surface area contributed by atoms with Crippen LogP contribution in [0, 0.1) is 0 Å². The van der Waals surface area contributed by atoms with Crippen LogP contribution in [0.25, 0.3) is 0 Å². The first-order chi connectivity index (χ1) is 12.1. The van der Waals surface area contributed by atoms with Gasteiger partial charge in [-0.05, 0) is 24.3 Å². The molecule has 0 aliphatic carbocycles. The van der Waals surface area contributed by atoms with Gasteiger partial charge in [0.05, 0.1) is 17.1 Å². The number of hydrogen-bond acceptors (Lipinski definition) is 4. The predicted molar refractivity (Wildman–Crippen MR) is 93.2 cm³/mol. The van der Waals surface area contributed by atoms with Crippen LogP contribution >= 0.6 is 0 Å². The zero-order chi connectivity index (χ0) is 17.7. The van der Waals surface area contributed by atoms with Crippen molar-refractivity contribution in [3.05, 3.63) is 60.4 Å². The second-order valence-electron chi connectivity index (χ2n) is 5.68. The average molecular weight is 360 g/mol. The number of urea groups is 1. The number of amides is 2. The van der Waals surface area contributed by atoms with Gasteiger partial charge in [-0.2, -0.15) is 4.31 Å². The molecular weight excluding hydrogens is 340 g/mol. The number of carbonyl (C=O) groups is 1. The Kier molecular flexibility index (Phi) is 5.30. The first-order valence-electron chi connectivity index (χ1n) is 8.05. The van der Waals surface area contributed by atoms with Crippen LogP contribution in [-0.2, 0) is 16.6 Å². The summed E-state index contributed by atoms with van der Waals surface area (Å²) in [5, 5.41) is 2.81. The van der Waals surface area contributed by atoms with Gasteiger partial charge in [0.2, 0.25) is 10.0 Å². The Hall–Kier alpha value is -2.45. The number of rotatable bonds is 4. The summed E-state index contributed by atoms with van der Waals surface area (Å²) in [6, 6.07) is 13.7. The molecule has 0 atom stereocenters. The highest BCUT2D eigenvalue weighted by atomic mass is 32.2. The highest BCUT2D eigenvalue weighted by molar-refractivity contribution is 7.89. The van der Waals surface area contributed by atoms with Crippen LogP contribution in [0.3, 0.4) is 0 Å². The van der Waals surface area contributed by atoms with Crippen molar-refractivity contribution >= 4 is 16.1 Å². The average Bonchev–Trinajstić information content (AvgIpc) is 2.68. The van der Waals surface area contributed by atoms with Gasteiger partial charge < -0.3 is 10.2 Å². The van der Waals surface area contributed by atoms with E-state index in [0.717, 1.165) is 5.69 Å². The third-order valence-corrected chi connectivity index (χ3v) is 5.97. The van der Waals surface area contributed by atoms with Gasteiger partial charge in [0.15, 0.2) is 0 Å². The van der Waals surface area contributed by atoms with Crippen LogP contribution in [0.1, 0.15) is 5.69 Å². The summed E-state index contributed by atoms with van der Waals surface area (Å²) >= 11 is 0. The Morgan fingerprint density at radius 3 is 2.32 bits per heavy atom. The van der Waals surface area contributed by atoms with Crippen molar-refractivity contribution in [3.63, 3.8) is 0 Å². The van der Waals surface area contributed by atoms with Crippen molar-refractivity contribution in [2.75, 3.05) is 26.2 Å². The summed E-state index contributed by atoms with van der Waals surface area (Å²) in [7, 11) is -3.50. The lowest BCUT2D eigenvalue weighted by atomic mass is 10.3. The lowest BCUT2D eigenvalue weighted by Crippen LogP contribution is -2.52. The molecule has 2 heterocycles. The maximum atomic E-state index is 12.6. The maximum Gasteiger partial charge on any atom is 0.317 e. The van der Waals surface area contributed by atoms with E-state index in [0.29, 0.717) is 19.6 Å². The Balaban J connectivity index is 1.54. The van der Waals surface area contributed by atoms with Crippen molar-refractivity contribution in [3.8, 4) is 0 Å². The first-order valence-corrected chi connectivity index (χ1v) is 9.49. The zero-order valence-electron chi connectivity index (χ0n) is 13.7. The molecule has 8 heteroatoms. The minimum Gasteiger partial charge on any atom is -0.332 e. The molecule has 1 aromatic carbocycles. The van der Waals surface area contributed by atoms with Crippen LogP contribution in [0.4, 0.5) is 4.79 Å². The molecule has 1 saturated heterocycles. The molecule has 25 heavy (non-hydrogen) atoms. The molecule has 1 fully saturated rings. The van der Waals surface area contributed by atoms with Crippen molar-refractivity contribution < 1.29 is 13.2 Å². The molecule has 2 aromatic rings. The van der Waals surface area contributed by atoms with E-state index >= 15 is 0 Å². The number of benzene rings is 1. The predicted octanol–water partition coefficient (Wildman–Crippen LogP) is 1.30. The largest absolute Gasteiger partial charge is 0.332 e. The Morgan fingerprint density at radius 2 is 1.68 bits per heavy atom. The molecule has 1 aliphatic heterocycles. The lowest BCUT2D eigenvalue weighted by Gasteiger charge is -2.33. The third kappa shape index (κ3) is 4.15. The summed E-state index contributed by atoms with van der Waals surface area (Å²) < 4.78 is 26.6. The monoisotopic (exact) mass is 360 g/mol. The van der Waals surface area contributed by atoms with E-state index in [1.165, 1.54) is 4.31 Å². The zero-order valence-corrected chi connectivity index (χ0v) is 14.5. The van der Waals surface area contributed by atoms with E-state index in [1.54, 1.807) is 41.4 Å². The summed E-state index contributed by atoms with van der Waals surface area (Å²) in [6.07, 6.45) is 1.68. The molecule has 132 valence electrons. The molecule has 0 radical (unpaired) electrons. The lowest BCUT2D eigenvalue weighted by molar-refractivity contribution is 0.172. The van der Waals surface area contributed by atoms with Gasteiger partial charge in [-0.15, -0.1) is 0 Å². The fourth-order valence-electron chi connectivity index (χ4n) is 2.65. The second kappa shape index (κ2) is 7.62. The molecule has 0 saturated carbocycles. The fraction of sp³-hybridized carbons (Fsp3) is 0.294. The number of piperazine rings is 1. The third-order valence-electron chi connectivity index (χ3n) is 4.05. The van der Waals surface area contributed by atoms with E-state index in [9.17, 15) is 13.2 Å². The summed E-state index contributed by atoms with van der Waals surface area (Å²) in [5.41, 5.74) is 0.779. The van der Waals surface area contributed by atoms with Crippen molar-refractivity contribution in [1.29, 1.82) is 0 Å². The van der Waals surface area contributed by atoms with Crippen molar-refractivity contribution in [2.45, 2.75) is 11.4 Å². The SMILES string of the molecule is O=C(NCc1ccccn1)N1CCN(S(=O)(=O)c2ccccc2)CC1. The summed E-state index contributed by atoms with van der Waals surface area (Å²) in [5.74, 6) is 0. The van der Waals surface area contributed by atoms with Crippen molar-refractivity contribution in [1.82, 2.24) is 19.5 Å². The topological polar surface area (TPSA) is 82.6 Å². The van der Waals surface area contributed by atoms with E-state index in [-0.39, 0.29) is 24.0 Å². The molecule has 0 bridgehead atoms. The molecule has 3 rings (SSSR count).